The molecule has 3 heteroatoms. The molecule has 0 aromatic rings. The summed E-state index contributed by atoms with van der Waals surface area (Å²) in [6.07, 6.45) is 8.42. The molecule has 78 valence electrons. The number of aldehydes is 1. The maximum atomic E-state index is 11.0. The lowest BCUT2D eigenvalue weighted by molar-refractivity contribution is -0.110. The molecule has 1 atom stereocenters. The van der Waals surface area contributed by atoms with Crippen LogP contribution in [0.1, 0.15) is 6.42 Å². The fraction of sp³-hybridized carbons (Fsp3) is 0.417. The van der Waals surface area contributed by atoms with Crippen LogP contribution in [0.2, 0.25) is 0 Å². The number of allylic oxidation sites excluding steroid dienone is 4. The topological polar surface area (TPSA) is 32.3 Å². The van der Waals surface area contributed by atoms with Gasteiger partial charge < -0.3 is 9.69 Å². The quantitative estimate of drug-likeness (QED) is 0.639. The summed E-state index contributed by atoms with van der Waals surface area (Å²) in [5.74, 6) is 0.100. The molecule has 0 aromatic heterocycles. The summed E-state index contributed by atoms with van der Waals surface area (Å²) in [7, 11) is 0. The van der Waals surface area contributed by atoms with E-state index in [0.717, 1.165) is 32.5 Å². The zero-order chi connectivity index (χ0) is 10.3. The van der Waals surface area contributed by atoms with Gasteiger partial charge in [0, 0.05) is 24.7 Å². The zero-order valence-electron chi connectivity index (χ0n) is 8.57. The van der Waals surface area contributed by atoms with Gasteiger partial charge in [-0.3, -0.25) is 5.32 Å². The molecular weight excluding hydrogens is 188 g/mol. The molecule has 0 radical (unpaired) electrons. The first kappa shape index (κ1) is 8.92. The Kier molecular flexibility index (Phi) is 1.99. The first-order valence-electron chi connectivity index (χ1n) is 5.39. The van der Waals surface area contributed by atoms with Crippen LogP contribution in [0.4, 0.5) is 0 Å². The number of hydrogen-bond acceptors (Lipinski definition) is 3. The second-order valence-electron chi connectivity index (χ2n) is 4.28. The van der Waals surface area contributed by atoms with Crippen molar-refractivity contribution in [1.29, 1.82) is 0 Å². The molecule has 0 spiro atoms. The molecule has 1 N–H and O–H groups in total. The van der Waals surface area contributed by atoms with Crippen molar-refractivity contribution < 1.29 is 4.79 Å². The minimum atomic E-state index is 0.100. The van der Waals surface area contributed by atoms with E-state index in [1.807, 2.05) is 0 Å². The third-order valence-corrected chi connectivity index (χ3v) is 3.37. The fourth-order valence-electron chi connectivity index (χ4n) is 2.51. The molecule has 1 saturated heterocycles. The molecule has 2 aliphatic heterocycles. The normalized spacial score (nSPS) is 28.7. The number of nitrogens with one attached hydrogen (secondary N) is 1. The highest BCUT2D eigenvalue weighted by Gasteiger charge is 2.27. The van der Waals surface area contributed by atoms with Crippen LogP contribution in [0.15, 0.2) is 35.1 Å². The summed E-state index contributed by atoms with van der Waals surface area (Å²) >= 11 is 0. The summed E-state index contributed by atoms with van der Waals surface area (Å²) < 4.78 is 0. The van der Waals surface area contributed by atoms with Crippen LogP contribution in [-0.2, 0) is 4.79 Å². The van der Waals surface area contributed by atoms with Gasteiger partial charge in [-0.05, 0) is 23.6 Å². The van der Waals surface area contributed by atoms with Gasteiger partial charge in [0.2, 0.25) is 0 Å². The Labute approximate surface area is 89.1 Å². The van der Waals surface area contributed by atoms with Gasteiger partial charge in [0.05, 0.1) is 6.67 Å². The molecule has 1 fully saturated rings. The second-order valence-corrected chi connectivity index (χ2v) is 4.28. The Morgan fingerprint density at radius 2 is 2.47 bits per heavy atom. The number of hydrogen-bond donors (Lipinski definition) is 1. The molecule has 3 nitrogen and oxygen atoms in total. The summed E-state index contributed by atoms with van der Waals surface area (Å²) in [5, 5.41) is 3.33. The number of carbonyl (C=O) groups excluding carboxylic acids is 1. The highest BCUT2D eigenvalue weighted by atomic mass is 16.1. The van der Waals surface area contributed by atoms with E-state index in [4.69, 9.17) is 0 Å². The monoisotopic (exact) mass is 202 g/mol. The van der Waals surface area contributed by atoms with E-state index in [1.54, 1.807) is 0 Å². The summed E-state index contributed by atoms with van der Waals surface area (Å²) in [5.41, 5.74) is 3.90. The van der Waals surface area contributed by atoms with Crippen molar-refractivity contribution in [2.45, 2.75) is 6.42 Å². The Morgan fingerprint density at radius 3 is 3.33 bits per heavy atom. The molecule has 15 heavy (non-hydrogen) atoms. The Bertz CT molecular complexity index is 392. The van der Waals surface area contributed by atoms with Crippen molar-refractivity contribution in [3.8, 4) is 0 Å². The van der Waals surface area contributed by atoms with Crippen molar-refractivity contribution >= 4 is 6.29 Å². The number of carbonyl (C=O) groups is 1. The first-order valence-corrected chi connectivity index (χ1v) is 5.39. The molecule has 1 aliphatic carbocycles. The highest BCUT2D eigenvalue weighted by Crippen LogP contribution is 2.31. The average molecular weight is 202 g/mol. The highest BCUT2D eigenvalue weighted by molar-refractivity contribution is 5.64. The van der Waals surface area contributed by atoms with Gasteiger partial charge in [0.15, 0.2) is 0 Å². The predicted octanol–water partition coefficient (Wildman–Crippen LogP) is 0.818. The zero-order valence-corrected chi connectivity index (χ0v) is 8.57. The van der Waals surface area contributed by atoms with Crippen LogP contribution in [-0.4, -0.2) is 30.9 Å². The van der Waals surface area contributed by atoms with E-state index in [2.05, 4.69) is 28.4 Å². The van der Waals surface area contributed by atoms with Crippen LogP contribution < -0.4 is 5.32 Å². The average Bonchev–Trinajstić information content (AvgIpc) is 2.72. The van der Waals surface area contributed by atoms with E-state index in [1.165, 1.54) is 16.8 Å². The summed E-state index contributed by atoms with van der Waals surface area (Å²) in [4.78, 5) is 13.3. The lowest BCUT2D eigenvalue weighted by atomic mass is 9.85. The van der Waals surface area contributed by atoms with E-state index < -0.39 is 0 Å². The van der Waals surface area contributed by atoms with Crippen molar-refractivity contribution in [2.24, 2.45) is 5.92 Å². The molecule has 1 unspecified atom stereocenters. The van der Waals surface area contributed by atoms with Crippen molar-refractivity contribution in [2.75, 3.05) is 19.8 Å². The smallest absolute Gasteiger partial charge is 0.127 e. The van der Waals surface area contributed by atoms with Crippen molar-refractivity contribution in [3.05, 3.63) is 35.1 Å². The fourth-order valence-corrected chi connectivity index (χ4v) is 2.51. The van der Waals surface area contributed by atoms with Gasteiger partial charge >= 0.3 is 0 Å². The SMILES string of the molecule is O=CC1CC=CC2=C1CN1CNCC1=C2. The maximum Gasteiger partial charge on any atom is 0.127 e. The molecule has 0 bridgehead atoms. The largest absolute Gasteiger partial charge is 0.357 e. The van der Waals surface area contributed by atoms with Crippen LogP contribution in [0.25, 0.3) is 0 Å². The van der Waals surface area contributed by atoms with Gasteiger partial charge in [-0.15, -0.1) is 0 Å². The molecule has 3 rings (SSSR count). The van der Waals surface area contributed by atoms with Gasteiger partial charge in [-0.2, -0.15) is 0 Å². The molecule has 0 saturated carbocycles. The van der Waals surface area contributed by atoms with Crippen LogP contribution in [0, 0.1) is 5.92 Å². The molecular formula is C12H14N2O. The Morgan fingerprint density at radius 1 is 1.53 bits per heavy atom. The Balaban J connectivity index is 1.99. The Hall–Kier alpha value is -1.35. The van der Waals surface area contributed by atoms with E-state index in [0.29, 0.717) is 0 Å². The van der Waals surface area contributed by atoms with E-state index in [9.17, 15) is 4.79 Å². The van der Waals surface area contributed by atoms with Gasteiger partial charge in [-0.25, -0.2) is 0 Å². The van der Waals surface area contributed by atoms with E-state index in [-0.39, 0.29) is 5.92 Å². The molecule has 2 heterocycles. The maximum absolute atomic E-state index is 11.0. The lowest BCUT2D eigenvalue weighted by Gasteiger charge is -2.30. The van der Waals surface area contributed by atoms with Gasteiger partial charge in [0.1, 0.15) is 6.29 Å². The van der Waals surface area contributed by atoms with Gasteiger partial charge in [-0.1, -0.05) is 12.2 Å². The number of rotatable bonds is 1. The summed E-state index contributed by atoms with van der Waals surface area (Å²) in [6.45, 7) is 2.79. The lowest BCUT2D eigenvalue weighted by Crippen LogP contribution is -2.30. The third kappa shape index (κ3) is 1.35. The standard InChI is InChI=1S/C12H14N2O/c15-7-10-3-1-2-9-4-11-5-13-8-14(11)6-12(9)10/h1-2,4,7,10,13H,3,5-6,8H2. The molecule has 0 aromatic carbocycles. The molecule has 3 aliphatic rings. The van der Waals surface area contributed by atoms with Crippen molar-refractivity contribution in [3.63, 3.8) is 0 Å². The van der Waals surface area contributed by atoms with Crippen LogP contribution in [0.3, 0.4) is 0 Å². The van der Waals surface area contributed by atoms with E-state index >= 15 is 0 Å². The number of nitrogens with zero attached hydrogens (tertiary/aromatic N) is 1. The first-order chi connectivity index (χ1) is 7.38. The second kappa shape index (κ2) is 3.35. The third-order valence-electron chi connectivity index (χ3n) is 3.37. The minimum Gasteiger partial charge on any atom is -0.357 e. The molecule has 0 amide bonds. The predicted molar refractivity (Wildman–Crippen MR) is 58.0 cm³/mol. The number of fused-ring (bicyclic) bond motifs is 1. The van der Waals surface area contributed by atoms with Crippen LogP contribution in [0.5, 0.6) is 0 Å². The van der Waals surface area contributed by atoms with Crippen LogP contribution >= 0.6 is 0 Å². The minimum absolute atomic E-state index is 0.100. The van der Waals surface area contributed by atoms with Crippen molar-refractivity contribution in [1.82, 2.24) is 10.2 Å². The summed E-state index contributed by atoms with van der Waals surface area (Å²) in [6, 6.07) is 0. The van der Waals surface area contributed by atoms with Gasteiger partial charge in [0.25, 0.3) is 0 Å².